The van der Waals surface area contributed by atoms with Crippen LogP contribution in [0.3, 0.4) is 0 Å². The molecule has 1 fully saturated rings. The van der Waals surface area contributed by atoms with Crippen molar-refractivity contribution in [3.63, 3.8) is 0 Å². The first-order valence-corrected chi connectivity index (χ1v) is 11.3. The minimum absolute atomic E-state index is 0.508. The summed E-state index contributed by atoms with van der Waals surface area (Å²) in [6.07, 6.45) is 25.7. The van der Waals surface area contributed by atoms with Gasteiger partial charge in [0.2, 0.25) is 0 Å². The second kappa shape index (κ2) is 17.1. The molecule has 0 bridgehead atoms. The van der Waals surface area contributed by atoms with Crippen LogP contribution in [0.15, 0.2) is 12.2 Å². The minimum atomic E-state index is 0.508. The van der Waals surface area contributed by atoms with E-state index < -0.39 is 0 Å². The van der Waals surface area contributed by atoms with Gasteiger partial charge in [0.1, 0.15) is 0 Å². The highest BCUT2D eigenvalue weighted by atomic mass is 16.5. The van der Waals surface area contributed by atoms with Gasteiger partial charge in [-0.05, 0) is 45.6 Å². The average Bonchev–Trinajstić information content (AvgIpc) is 3.03. The summed E-state index contributed by atoms with van der Waals surface area (Å²) in [5.41, 5.74) is 0. The quantitative estimate of drug-likeness (QED) is 0.212. The van der Waals surface area contributed by atoms with Crippen molar-refractivity contribution in [2.45, 2.75) is 109 Å². The zero-order valence-electron chi connectivity index (χ0n) is 17.3. The Kier molecular flexibility index (Phi) is 15.5. The first-order valence-electron chi connectivity index (χ1n) is 11.3. The lowest BCUT2D eigenvalue weighted by atomic mass is 10.1. The number of hydrogen-bond acceptors (Lipinski definition) is 2. The van der Waals surface area contributed by atoms with Gasteiger partial charge in [-0.25, -0.2) is 0 Å². The Morgan fingerprint density at radius 2 is 1.36 bits per heavy atom. The Morgan fingerprint density at radius 3 is 1.92 bits per heavy atom. The monoisotopic (exact) mass is 351 g/mol. The van der Waals surface area contributed by atoms with Crippen LogP contribution in [0.25, 0.3) is 0 Å². The summed E-state index contributed by atoms with van der Waals surface area (Å²) in [5, 5.41) is 0. The molecule has 1 heterocycles. The topological polar surface area (TPSA) is 12.5 Å². The van der Waals surface area contributed by atoms with Gasteiger partial charge in [-0.1, -0.05) is 76.9 Å². The molecule has 2 heteroatoms. The third kappa shape index (κ3) is 14.5. The van der Waals surface area contributed by atoms with Crippen LogP contribution in [-0.2, 0) is 4.74 Å². The number of ether oxygens (including phenoxy) is 1. The summed E-state index contributed by atoms with van der Waals surface area (Å²) in [6, 6.07) is 0. The van der Waals surface area contributed by atoms with Crippen molar-refractivity contribution >= 4 is 0 Å². The van der Waals surface area contributed by atoms with Gasteiger partial charge in [-0.2, -0.15) is 0 Å². The molecule has 0 N–H and O–H groups in total. The maximum Gasteiger partial charge on any atom is 0.0714 e. The van der Waals surface area contributed by atoms with Gasteiger partial charge < -0.3 is 9.64 Å². The standard InChI is InChI=1S/C23H45NO/c1-3-4-5-6-7-8-9-10-11-12-13-14-15-16-17-18-21-25-23-19-20-24(2)22-23/h10-11,23H,3-9,12-22H2,1-2H3/b11-10-/t23-/m0/s1. The van der Waals surface area contributed by atoms with Crippen molar-refractivity contribution < 1.29 is 4.74 Å². The van der Waals surface area contributed by atoms with E-state index in [1.165, 1.54) is 103 Å². The van der Waals surface area contributed by atoms with Crippen LogP contribution >= 0.6 is 0 Å². The van der Waals surface area contributed by atoms with E-state index >= 15 is 0 Å². The molecule has 0 unspecified atom stereocenters. The predicted octanol–water partition coefficient (Wildman–Crippen LogP) is 6.74. The van der Waals surface area contributed by atoms with Gasteiger partial charge in [-0.3, -0.25) is 0 Å². The number of likely N-dealkylation sites (tertiary alicyclic amines) is 1. The molecule has 2 nitrogen and oxygen atoms in total. The fourth-order valence-corrected chi connectivity index (χ4v) is 3.63. The van der Waals surface area contributed by atoms with Crippen molar-refractivity contribution in [1.82, 2.24) is 4.90 Å². The Hall–Kier alpha value is -0.340. The molecular weight excluding hydrogens is 306 g/mol. The van der Waals surface area contributed by atoms with Gasteiger partial charge in [0, 0.05) is 19.7 Å². The second-order valence-corrected chi connectivity index (χ2v) is 7.98. The van der Waals surface area contributed by atoms with Gasteiger partial charge in [0.05, 0.1) is 6.10 Å². The van der Waals surface area contributed by atoms with Crippen LogP contribution < -0.4 is 0 Å². The summed E-state index contributed by atoms with van der Waals surface area (Å²) < 4.78 is 5.94. The van der Waals surface area contributed by atoms with Crippen LogP contribution in [0.5, 0.6) is 0 Å². The molecule has 0 radical (unpaired) electrons. The average molecular weight is 352 g/mol. The smallest absolute Gasteiger partial charge is 0.0714 e. The molecule has 0 amide bonds. The molecule has 0 spiro atoms. The molecule has 0 aromatic heterocycles. The van der Waals surface area contributed by atoms with Gasteiger partial charge in [0.25, 0.3) is 0 Å². The van der Waals surface area contributed by atoms with E-state index in [0.717, 1.165) is 13.2 Å². The van der Waals surface area contributed by atoms with E-state index in [-0.39, 0.29) is 0 Å². The van der Waals surface area contributed by atoms with Crippen molar-refractivity contribution in [3.8, 4) is 0 Å². The highest BCUT2D eigenvalue weighted by molar-refractivity contribution is 4.81. The van der Waals surface area contributed by atoms with Gasteiger partial charge in [0.15, 0.2) is 0 Å². The lowest BCUT2D eigenvalue weighted by Gasteiger charge is -2.11. The highest BCUT2D eigenvalue weighted by Crippen LogP contribution is 2.13. The van der Waals surface area contributed by atoms with Crippen molar-refractivity contribution in [2.24, 2.45) is 0 Å². The van der Waals surface area contributed by atoms with Gasteiger partial charge >= 0.3 is 0 Å². The number of allylic oxidation sites excluding steroid dienone is 2. The molecule has 0 aromatic carbocycles. The Labute approximate surface area is 158 Å². The third-order valence-electron chi connectivity index (χ3n) is 5.36. The first-order chi connectivity index (χ1) is 12.3. The summed E-state index contributed by atoms with van der Waals surface area (Å²) >= 11 is 0. The van der Waals surface area contributed by atoms with Crippen LogP contribution in [0.4, 0.5) is 0 Å². The second-order valence-electron chi connectivity index (χ2n) is 7.98. The first kappa shape index (κ1) is 22.7. The molecule has 25 heavy (non-hydrogen) atoms. The maximum absolute atomic E-state index is 5.94. The lowest BCUT2D eigenvalue weighted by Crippen LogP contribution is -2.19. The molecule has 0 saturated carbocycles. The zero-order valence-corrected chi connectivity index (χ0v) is 17.3. The van der Waals surface area contributed by atoms with Crippen LogP contribution in [0, 0.1) is 0 Å². The molecule has 1 saturated heterocycles. The van der Waals surface area contributed by atoms with Crippen LogP contribution in [0.1, 0.15) is 103 Å². The highest BCUT2D eigenvalue weighted by Gasteiger charge is 2.19. The molecule has 1 atom stereocenters. The number of likely N-dealkylation sites (N-methyl/N-ethyl adjacent to an activating group) is 1. The molecule has 0 aromatic rings. The SMILES string of the molecule is CCCCCCCC/C=C\CCCCCCCCO[C@H]1CCN(C)C1. The fraction of sp³-hybridized carbons (Fsp3) is 0.913. The lowest BCUT2D eigenvalue weighted by molar-refractivity contribution is 0.0581. The number of rotatable bonds is 17. The Bertz CT molecular complexity index is 302. The minimum Gasteiger partial charge on any atom is -0.377 e. The molecule has 1 aliphatic rings. The molecule has 1 rings (SSSR count). The Morgan fingerprint density at radius 1 is 0.800 bits per heavy atom. The van der Waals surface area contributed by atoms with Crippen molar-refractivity contribution in [2.75, 3.05) is 26.7 Å². The summed E-state index contributed by atoms with van der Waals surface area (Å²) in [7, 11) is 2.19. The van der Waals surface area contributed by atoms with E-state index in [1.54, 1.807) is 0 Å². The predicted molar refractivity (Wildman–Crippen MR) is 111 cm³/mol. The number of unbranched alkanes of at least 4 members (excludes halogenated alkanes) is 12. The maximum atomic E-state index is 5.94. The Balaban J connectivity index is 1.71. The largest absolute Gasteiger partial charge is 0.377 e. The number of hydrogen-bond donors (Lipinski definition) is 0. The molecule has 0 aliphatic carbocycles. The van der Waals surface area contributed by atoms with E-state index in [9.17, 15) is 0 Å². The van der Waals surface area contributed by atoms with Crippen LogP contribution in [-0.4, -0.2) is 37.7 Å². The summed E-state index contributed by atoms with van der Waals surface area (Å²) in [5.74, 6) is 0. The molecular formula is C23H45NO. The van der Waals surface area contributed by atoms with E-state index in [4.69, 9.17) is 4.74 Å². The fourth-order valence-electron chi connectivity index (χ4n) is 3.63. The van der Waals surface area contributed by atoms with Crippen molar-refractivity contribution in [3.05, 3.63) is 12.2 Å². The molecule has 1 aliphatic heterocycles. The molecule has 148 valence electrons. The number of nitrogens with zero attached hydrogens (tertiary/aromatic N) is 1. The van der Waals surface area contributed by atoms with Crippen molar-refractivity contribution in [1.29, 1.82) is 0 Å². The third-order valence-corrected chi connectivity index (χ3v) is 5.36. The van der Waals surface area contributed by atoms with E-state index in [0.29, 0.717) is 6.10 Å². The van der Waals surface area contributed by atoms with Crippen LogP contribution in [0.2, 0.25) is 0 Å². The normalized spacial score (nSPS) is 18.6. The van der Waals surface area contributed by atoms with E-state index in [2.05, 4.69) is 31.0 Å². The summed E-state index contributed by atoms with van der Waals surface area (Å²) in [4.78, 5) is 2.37. The van der Waals surface area contributed by atoms with E-state index in [1.807, 2.05) is 0 Å². The summed E-state index contributed by atoms with van der Waals surface area (Å²) in [6.45, 7) is 5.59. The van der Waals surface area contributed by atoms with Gasteiger partial charge in [-0.15, -0.1) is 0 Å². The zero-order chi connectivity index (χ0) is 18.0.